The van der Waals surface area contributed by atoms with Crippen molar-refractivity contribution >= 4 is 22.7 Å². The number of hydrogen-bond acceptors (Lipinski definition) is 9. The van der Waals surface area contributed by atoms with Crippen molar-refractivity contribution in [3.05, 3.63) is 59.2 Å². The summed E-state index contributed by atoms with van der Waals surface area (Å²) in [5, 5.41) is 8.72. The molecule has 0 saturated carbocycles. The number of anilines is 2. The average molecular weight is 501 g/mol. The normalized spacial score (nSPS) is 14.6. The molecule has 4 heterocycles. The van der Waals surface area contributed by atoms with Crippen molar-refractivity contribution in [2.45, 2.75) is 27.3 Å². The van der Waals surface area contributed by atoms with Gasteiger partial charge in [0.25, 0.3) is 0 Å². The predicted octanol–water partition coefficient (Wildman–Crippen LogP) is 3.90. The largest absolute Gasteiger partial charge is 0.365 e. The van der Waals surface area contributed by atoms with Crippen LogP contribution in [0.1, 0.15) is 22.6 Å². The van der Waals surface area contributed by atoms with Crippen molar-refractivity contribution < 1.29 is 4.52 Å². The molecule has 37 heavy (non-hydrogen) atoms. The number of aromatic nitrogens is 4. The number of piperazine rings is 1. The Labute approximate surface area is 218 Å². The maximum atomic E-state index is 5.43. The first-order chi connectivity index (χ1) is 17.9. The molecule has 1 N–H and O–H groups in total. The van der Waals surface area contributed by atoms with Crippen LogP contribution in [0.2, 0.25) is 0 Å². The van der Waals surface area contributed by atoms with Gasteiger partial charge in [0.05, 0.1) is 11.2 Å². The van der Waals surface area contributed by atoms with Gasteiger partial charge in [0, 0.05) is 69.2 Å². The van der Waals surface area contributed by atoms with E-state index in [1.54, 1.807) is 0 Å². The number of nitrogens with one attached hydrogen (secondary N) is 1. The molecule has 1 aliphatic heterocycles. The molecule has 0 radical (unpaired) electrons. The lowest BCUT2D eigenvalue weighted by atomic mass is 10.0. The van der Waals surface area contributed by atoms with E-state index in [0.29, 0.717) is 6.54 Å². The smallest absolute Gasteiger partial charge is 0.227 e. The van der Waals surface area contributed by atoms with Crippen molar-refractivity contribution in [2.75, 3.05) is 63.6 Å². The van der Waals surface area contributed by atoms with E-state index in [0.717, 1.165) is 90.1 Å². The van der Waals surface area contributed by atoms with Gasteiger partial charge in [-0.1, -0.05) is 11.2 Å². The first kappa shape index (κ1) is 25.1. The Morgan fingerprint density at radius 1 is 1.03 bits per heavy atom. The monoisotopic (exact) mass is 500 g/mol. The minimum absolute atomic E-state index is 0.638. The molecule has 0 spiro atoms. The lowest BCUT2D eigenvalue weighted by Crippen LogP contribution is -2.48. The lowest BCUT2D eigenvalue weighted by Gasteiger charge is -2.35. The number of rotatable bonds is 8. The van der Waals surface area contributed by atoms with Gasteiger partial charge in [-0.2, -0.15) is 4.98 Å². The summed E-state index contributed by atoms with van der Waals surface area (Å²) in [4.78, 5) is 21.4. The van der Waals surface area contributed by atoms with Crippen molar-refractivity contribution in [1.29, 1.82) is 0 Å². The Morgan fingerprint density at radius 3 is 2.54 bits per heavy atom. The second-order valence-electron chi connectivity index (χ2n) is 10.1. The summed E-state index contributed by atoms with van der Waals surface area (Å²) in [6.45, 7) is 12.7. The van der Waals surface area contributed by atoms with Gasteiger partial charge in [-0.3, -0.25) is 9.88 Å². The molecule has 1 aromatic carbocycles. The molecule has 194 valence electrons. The molecule has 5 rings (SSSR count). The quantitative estimate of drug-likeness (QED) is 0.387. The van der Waals surface area contributed by atoms with Crippen LogP contribution in [-0.4, -0.2) is 83.3 Å². The highest BCUT2D eigenvalue weighted by Crippen LogP contribution is 2.32. The van der Waals surface area contributed by atoms with E-state index in [2.05, 4.69) is 69.4 Å². The third-order valence-electron chi connectivity index (χ3n) is 7.12. The Kier molecular flexibility index (Phi) is 7.34. The number of aryl methyl sites for hydroxylation is 3. The van der Waals surface area contributed by atoms with Crippen molar-refractivity contribution in [3.63, 3.8) is 0 Å². The molecule has 0 bridgehead atoms. The van der Waals surface area contributed by atoms with Gasteiger partial charge < -0.3 is 19.6 Å². The molecule has 3 aromatic heterocycles. The average Bonchev–Trinajstić information content (AvgIpc) is 3.24. The van der Waals surface area contributed by atoms with Gasteiger partial charge in [0.1, 0.15) is 11.6 Å². The minimum Gasteiger partial charge on any atom is -0.365 e. The van der Waals surface area contributed by atoms with E-state index in [-0.39, 0.29) is 0 Å². The molecule has 0 unspecified atom stereocenters. The molecular weight excluding hydrogens is 464 g/mol. The van der Waals surface area contributed by atoms with Gasteiger partial charge in [-0.05, 0) is 69.8 Å². The van der Waals surface area contributed by atoms with Gasteiger partial charge in [0.15, 0.2) is 0 Å². The molecule has 1 fully saturated rings. The molecule has 9 nitrogen and oxygen atoms in total. The van der Waals surface area contributed by atoms with Crippen LogP contribution in [-0.2, 0) is 6.54 Å². The zero-order valence-corrected chi connectivity index (χ0v) is 22.5. The molecule has 0 aliphatic carbocycles. The maximum Gasteiger partial charge on any atom is 0.227 e. The second-order valence-corrected chi connectivity index (χ2v) is 10.1. The van der Waals surface area contributed by atoms with Crippen molar-refractivity contribution in [3.8, 4) is 11.1 Å². The fourth-order valence-electron chi connectivity index (χ4n) is 4.82. The van der Waals surface area contributed by atoms with Crippen LogP contribution in [0.25, 0.3) is 22.0 Å². The number of pyridine rings is 1. The summed E-state index contributed by atoms with van der Waals surface area (Å²) in [6.07, 6.45) is 3.74. The Morgan fingerprint density at radius 2 is 1.84 bits per heavy atom. The highest BCUT2D eigenvalue weighted by Gasteiger charge is 2.21. The highest BCUT2D eigenvalue weighted by atomic mass is 16.5. The predicted molar refractivity (Wildman–Crippen MR) is 148 cm³/mol. The molecule has 1 aliphatic rings. The standard InChI is InChI=1S/C28H36N8O/c1-19-8-9-29-17-23(19)18-30-27-24-16-22(26-20(2)33-37-21(26)3)6-7-25(24)31-28(32-27)36-14-12-35(13-15-36)11-10-34(4)5/h6-9,16-17H,10-15,18H2,1-5H3,(H,30,31,32). The molecule has 1 saturated heterocycles. The van der Waals surface area contributed by atoms with E-state index in [1.807, 2.05) is 32.3 Å². The van der Waals surface area contributed by atoms with Crippen molar-refractivity contribution in [1.82, 2.24) is 29.9 Å². The van der Waals surface area contributed by atoms with E-state index in [1.165, 1.54) is 5.56 Å². The SMILES string of the molecule is Cc1ccncc1CNc1nc(N2CCN(CCN(C)C)CC2)nc2ccc(-c3c(C)noc3C)cc12. The zero-order valence-electron chi connectivity index (χ0n) is 22.5. The van der Waals surface area contributed by atoms with Crippen LogP contribution >= 0.6 is 0 Å². The van der Waals surface area contributed by atoms with Gasteiger partial charge in [-0.25, -0.2) is 4.98 Å². The van der Waals surface area contributed by atoms with Crippen LogP contribution in [0, 0.1) is 20.8 Å². The number of benzene rings is 1. The molecule has 0 atom stereocenters. The van der Waals surface area contributed by atoms with Gasteiger partial charge >= 0.3 is 0 Å². The lowest BCUT2D eigenvalue weighted by molar-refractivity contribution is 0.229. The summed E-state index contributed by atoms with van der Waals surface area (Å²) >= 11 is 0. The first-order valence-corrected chi connectivity index (χ1v) is 12.9. The molecule has 0 amide bonds. The number of fused-ring (bicyclic) bond motifs is 1. The summed E-state index contributed by atoms with van der Waals surface area (Å²) < 4.78 is 5.43. The number of likely N-dealkylation sites (N-methyl/N-ethyl adjacent to an activating group) is 1. The van der Waals surface area contributed by atoms with E-state index >= 15 is 0 Å². The first-order valence-electron chi connectivity index (χ1n) is 12.9. The van der Waals surface area contributed by atoms with Gasteiger partial charge in [0.2, 0.25) is 5.95 Å². The summed E-state index contributed by atoms with van der Waals surface area (Å²) in [7, 11) is 4.25. The summed E-state index contributed by atoms with van der Waals surface area (Å²) in [5.74, 6) is 2.41. The third kappa shape index (κ3) is 5.57. The molecule has 4 aromatic rings. The second kappa shape index (κ2) is 10.8. The Bertz CT molecular complexity index is 1350. The fraction of sp³-hybridized carbons (Fsp3) is 0.429. The minimum atomic E-state index is 0.638. The fourth-order valence-corrected chi connectivity index (χ4v) is 4.82. The zero-order chi connectivity index (χ0) is 25.9. The highest BCUT2D eigenvalue weighted by molar-refractivity contribution is 5.94. The number of hydrogen-bond donors (Lipinski definition) is 1. The van der Waals surface area contributed by atoms with E-state index < -0.39 is 0 Å². The number of nitrogens with zero attached hydrogens (tertiary/aromatic N) is 7. The molecular formula is C28H36N8O. The van der Waals surface area contributed by atoms with E-state index in [9.17, 15) is 0 Å². The maximum absolute atomic E-state index is 5.43. The molecule has 9 heteroatoms. The van der Waals surface area contributed by atoms with Crippen LogP contribution < -0.4 is 10.2 Å². The van der Waals surface area contributed by atoms with Crippen LogP contribution in [0.4, 0.5) is 11.8 Å². The van der Waals surface area contributed by atoms with E-state index in [4.69, 9.17) is 14.5 Å². The van der Waals surface area contributed by atoms with Crippen LogP contribution in [0.3, 0.4) is 0 Å². The summed E-state index contributed by atoms with van der Waals surface area (Å²) in [5.41, 5.74) is 6.21. The third-order valence-corrected chi connectivity index (χ3v) is 7.12. The van der Waals surface area contributed by atoms with Crippen molar-refractivity contribution in [2.24, 2.45) is 0 Å². The summed E-state index contributed by atoms with van der Waals surface area (Å²) in [6, 6.07) is 8.35. The van der Waals surface area contributed by atoms with Crippen LogP contribution in [0.15, 0.2) is 41.2 Å². The van der Waals surface area contributed by atoms with Crippen LogP contribution in [0.5, 0.6) is 0 Å². The Balaban J connectivity index is 1.47. The topological polar surface area (TPSA) is 86.5 Å². The van der Waals surface area contributed by atoms with Gasteiger partial charge in [-0.15, -0.1) is 0 Å². The Hall–Kier alpha value is -3.56.